The van der Waals surface area contributed by atoms with Gasteiger partial charge in [-0.15, -0.1) is 10.2 Å². The van der Waals surface area contributed by atoms with E-state index >= 15 is 0 Å². The van der Waals surface area contributed by atoms with E-state index in [1.807, 2.05) is 18.2 Å². The Kier molecular flexibility index (Phi) is 3.52. The van der Waals surface area contributed by atoms with Crippen LogP contribution >= 0.6 is 15.9 Å². The van der Waals surface area contributed by atoms with Gasteiger partial charge in [0.2, 0.25) is 11.8 Å². The van der Waals surface area contributed by atoms with E-state index < -0.39 is 0 Å². The Bertz CT molecular complexity index is 581. The van der Waals surface area contributed by atoms with Crippen LogP contribution in [-0.2, 0) is 6.54 Å². The molecule has 1 saturated carbocycles. The van der Waals surface area contributed by atoms with Crippen LogP contribution in [0.5, 0.6) is 5.75 Å². The van der Waals surface area contributed by atoms with Crippen LogP contribution in [0.2, 0.25) is 0 Å². The molecule has 0 saturated heterocycles. The van der Waals surface area contributed by atoms with Crippen molar-refractivity contribution < 1.29 is 9.15 Å². The number of ether oxygens (including phenoxy) is 1. The highest BCUT2D eigenvalue weighted by Crippen LogP contribution is 2.30. The second-order valence-electron chi connectivity index (χ2n) is 4.51. The number of hydrogen-bond donors (Lipinski definition) is 1. The second-order valence-corrected chi connectivity index (χ2v) is 5.36. The van der Waals surface area contributed by atoms with Gasteiger partial charge in [-0.05, 0) is 47.0 Å². The Hall–Kier alpha value is -1.40. The molecule has 1 aromatic carbocycles. The quantitative estimate of drug-likeness (QED) is 0.916. The van der Waals surface area contributed by atoms with E-state index in [1.165, 1.54) is 12.8 Å². The van der Waals surface area contributed by atoms with E-state index in [2.05, 4.69) is 31.4 Å². The minimum Gasteiger partial charge on any atom is -0.496 e. The van der Waals surface area contributed by atoms with Gasteiger partial charge in [-0.3, -0.25) is 0 Å². The third kappa shape index (κ3) is 2.96. The van der Waals surface area contributed by atoms with Gasteiger partial charge in [-0.1, -0.05) is 0 Å². The van der Waals surface area contributed by atoms with Gasteiger partial charge in [0.1, 0.15) is 5.75 Å². The largest absolute Gasteiger partial charge is 0.496 e. The molecule has 0 amide bonds. The van der Waals surface area contributed by atoms with Gasteiger partial charge in [0, 0.05) is 11.6 Å². The SMILES string of the molecule is COc1ccc(-c2nnc(CNC3CC3)o2)cc1Br. The van der Waals surface area contributed by atoms with Crippen LogP contribution in [0.3, 0.4) is 0 Å². The summed E-state index contributed by atoms with van der Waals surface area (Å²) >= 11 is 3.44. The van der Waals surface area contributed by atoms with Crippen LogP contribution in [0, 0.1) is 0 Å². The predicted molar refractivity (Wildman–Crippen MR) is 73.8 cm³/mol. The van der Waals surface area contributed by atoms with Gasteiger partial charge in [-0.25, -0.2) is 0 Å². The molecule has 1 N–H and O–H groups in total. The molecule has 1 heterocycles. The number of methoxy groups -OCH3 is 1. The van der Waals surface area contributed by atoms with Gasteiger partial charge in [0.05, 0.1) is 18.1 Å². The van der Waals surface area contributed by atoms with Gasteiger partial charge in [-0.2, -0.15) is 0 Å². The standard InChI is InChI=1S/C13H14BrN3O2/c1-18-11-5-2-8(6-10(11)14)13-17-16-12(19-13)7-15-9-3-4-9/h2,5-6,9,15H,3-4,7H2,1H3. The Balaban J connectivity index is 1.75. The predicted octanol–water partition coefficient (Wildman–Crippen LogP) is 2.76. The van der Waals surface area contributed by atoms with E-state index in [0.717, 1.165) is 15.8 Å². The van der Waals surface area contributed by atoms with Crippen molar-refractivity contribution in [3.05, 3.63) is 28.6 Å². The van der Waals surface area contributed by atoms with Crippen molar-refractivity contribution in [1.82, 2.24) is 15.5 Å². The molecule has 1 fully saturated rings. The number of hydrogen-bond acceptors (Lipinski definition) is 5. The topological polar surface area (TPSA) is 60.2 Å². The molecule has 6 heteroatoms. The fourth-order valence-electron chi connectivity index (χ4n) is 1.76. The number of rotatable bonds is 5. The highest BCUT2D eigenvalue weighted by atomic mass is 79.9. The summed E-state index contributed by atoms with van der Waals surface area (Å²) < 4.78 is 11.7. The zero-order valence-electron chi connectivity index (χ0n) is 10.5. The van der Waals surface area contributed by atoms with Crippen LogP contribution in [0.4, 0.5) is 0 Å². The number of nitrogens with one attached hydrogen (secondary N) is 1. The molecular formula is C13H14BrN3O2. The molecule has 0 aliphatic heterocycles. The minimum absolute atomic E-state index is 0.524. The number of benzene rings is 1. The van der Waals surface area contributed by atoms with Crippen molar-refractivity contribution in [2.24, 2.45) is 0 Å². The Morgan fingerprint density at radius 1 is 1.42 bits per heavy atom. The lowest BCUT2D eigenvalue weighted by molar-refractivity contribution is 0.412. The summed E-state index contributed by atoms with van der Waals surface area (Å²) in [6, 6.07) is 6.30. The summed E-state index contributed by atoms with van der Waals surface area (Å²) in [5, 5.41) is 11.4. The summed E-state index contributed by atoms with van der Waals surface area (Å²) in [5.74, 6) is 1.92. The molecule has 0 radical (unpaired) electrons. The van der Waals surface area contributed by atoms with Crippen LogP contribution in [0.25, 0.3) is 11.5 Å². The van der Waals surface area contributed by atoms with Gasteiger partial charge in [0.25, 0.3) is 0 Å². The van der Waals surface area contributed by atoms with Crippen molar-refractivity contribution in [2.75, 3.05) is 7.11 Å². The van der Waals surface area contributed by atoms with Crippen LogP contribution in [0.1, 0.15) is 18.7 Å². The maximum Gasteiger partial charge on any atom is 0.247 e. The van der Waals surface area contributed by atoms with Gasteiger partial charge >= 0.3 is 0 Å². The van der Waals surface area contributed by atoms with Crippen molar-refractivity contribution >= 4 is 15.9 Å². The normalized spacial score (nSPS) is 14.6. The molecule has 0 bridgehead atoms. The lowest BCUT2D eigenvalue weighted by Crippen LogP contribution is -2.15. The maximum atomic E-state index is 5.63. The molecule has 3 rings (SSSR count). The molecule has 1 aromatic heterocycles. The van der Waals surface area contributed by atoms with Gasteiger partial charge in [0.15, 0.2) is 0 Å². The van der Waals surface area contributed by atoms with Crippen molar-refractivity contribution in [1.29, 1.82) is 0 Å². The highest BCUT2D eigenvalue weighted by molar-refractivity contribution is 9.10. The molecular weight excluding hydrogens is 310 g/mol. The molecule has 100 valence electrons. The van der Waals surface area contributed by atoms with Crippen molar-refractivity contribution in [2.45, 2.75) is 25.4 Å². The number of aromatic nitrogens is 2. The summed E-state index contributed by atoms with van der Waals surface area (Å²) in [6.07, 6.45) is 2.48. The van der Waals surface area contributed by atoms with Gasteiger partial charge < -0.3 is 14.5 Å². The van der Waals surface area contributed by atoms with Crippen molar-refractivity contribution in [3.8, 4) is 17.2 Å². The number of halogens is 1. The summed E-state index contributed by atoms with van der Waals surface area (Å²) in [5.41, 5.74) is 0.873. The molecule has 5 nitrogen and oxygen atoms in total. The maximum absolute atomic E-state index is 5.63. The first kappa shape index (κ1) is 12.6. The minimum atomic E-state index is 0.524. The summed E-state index contributed by atoms with van der Waals surface area (Å²) in [6.45, 7) is 0.634. The molecule has 0 atom stereocenters. The average Bonchev–Trinajstić information content (AvgIpc) is 3.13. The Morgan fingerprint density at radius 3 is 2.95 bits per heavy atom. The van der Waals surface area contributed by atoms with E-state index in [1.54, 1.807) is 7.11 Å². The summed E-state index contributed by atoms with van der Waals surface area (Å²) in [7, 11) is 1.63. The van der Waals surface area contributed by atoms with E-state index in [-0.39, 0.29) is 0 Å². The molecule has 2 aromatic rings. The molecule has 0 spiro atoms. The fourth-order valence-corrected chi connectivity index (χ4v) is 2.30. The molecule has 1 aliphatic rings. The molecule has 19 heavy (non-hydrogen) atoms. The Labute approximate surface area is 119 Å². The first-order valence-corrected chi connectivity index (χ1v) is 6.95. The highest BCUT2D eigenvalue weighted by Gasteiger charge is 2.21. The first-order valence-electron chi connectivity index (χ1n) is 6.16. The van der Waals surface area contributed by atoms with Crippen LogP contribution in [0.15, 0.2) is 27.1 Å². The zero-order chi connectivity index (χ0) is 13.2. The average molecular weight is 324 g/mol. The number of nitrogens with zero attached hydrogens (tertiary/aromatic N) is 2. The van der Waals surface area contributed by atoms with Crippen LogP contribution in [-0.4, -0.2) is 23.3 Å². The van der Waals surface area contributed by atoms with Crippen LogP contribution < -0.4 is 10.1 Å². The second kappa shape index (κ2) is 5.30. The van der Waals surface area contributed by atoms with E-state index in [9.17, 15) is 0 Å². The monoisotopic (exact) mass is 323 g/mol. The molecule has 1 aliphatic carbocycles. The zero-order valence-corrected chi connectivity index (χ0v) is 12.1. The Morgan fingerprint density at radius 2 is 2.26 bits per heavy atom. The smallest absolute Gasteiger partial charge is 0.247 e. The third-order valence-corrected chi connectivity index (χ3v) is 3.60. The third-order valence-electron chi connectivity index (χ3n) is 2.98. The fraction of sp³-hybridized carbons (Fsp3) is 0.385. The lowest BCUT2D eigenvalue weighted by atomic mass is 10.2. The van der Waals surface area contributed by atoms with E-state index in [4.69, 9.17) is 9.15 Å². The first-order chi connectivity index (χ1) is 9.26. The van der Waals surface area contributed by atoms with E-state index in [0.29, 0.717) is 24.4 Å². The van der Waals surface area contributed by atoms with Crippen molar-refractivity contribution in [3.63, 3.8) is 0 Å². The summed E-state index contributed by atoms with van der Waals surface area (Å²) in [4.78, 5) is 0. The lowest BCUT2D eigenvalue weighted by Gasteiger charge is -2.03. The molecule has 0 unspecified atom stereocenters.